The predicted octanol–water partition coefficient (Wildman–Crippen LogP) is 3.73. The van der Waals surface area contributed by atoms with Gasteiger partial charge in [0, 0.05) is 10.4 Å². The Kier molecular flexibility index (Phi) is 4.99. The Labute approximate surface area is 178 Å². The lowest BCUT2D eigenvalue weighted by molar-refractivity contribution is -0.135. The molecule has 1 aliphatic rings. The molecule has 8 heteroatoms. The van der Waals surface area contributed by atoms with Gasteiger partial charge in [0.2, 0.25) is 5.91 Å². The predicted molar refractivity (Wildman–Crippen MR) is 112 cm³/mol. The van der Waals surface area contributed by atoms with Gasteiger partial charge in [0.1, 0.15) is 23.4 Å². The quantitative estimate of drug-likeness (QED) is 0.609. The second kappa shape index (κ2) is 7.50. The zero-order valence-corrected chi connectivity index (χ0v) is 17.2. The zero-order valence-electron chi connectivity index (χ0n) is 16.4. The Hall–Kier alpha value is -3.32. The Morgan fingerprint density at radius 3 is 2.60 bits per heavy atom. The number of benzene rings is 2. The molecule has 154 valence electrons. The van der Waals surface area contributed by atoms with Crippen LogP contribution in [0, 0.1) is 0 Å². The third-order valence-electron chi connectivity index (χ3n) is 5.25. The number of urea groups is 1. The first kappa shape index (κ1) is 20.0. The van der Waals surface area contributed by atoms with E-state index in [4.69, 9.17) is 16.0 Å². The van der Waals surface area contributed by atoms with E-state index in [1.54, 1.807) is 38.1 Å². The fourth-order valence-corrected chi connectivity index (χ4v) is 3.66. The van der Waals surface area contributed by atoms with Crippen molar-refractivity contribution in [2.24, 2.45) is 0 Å². The van der Waals surface area contributed by atoms with E-state index in [0.717, 1.165) is 15.9 Å². The van der Waals surface area contributed by atoms with Crippen molar-refractivity contribution in [1.29, 1.82) is 0 Å². The molecule has 0 spiro atoms. The molecule has 1 fully saturated rings. The molecule has 0 aliphatic carbocycles. The standard InChI is InChI=1S/C22H20ClN3O4/c1-13(18-11-14-5-3-4-6-17(14)30-18)24-19(27)12-26-20(28)22(2,25-21(26)29)15-7-9-16(23)10-8-15/h3-11,13H,12H2,1-2H3,(H,24,27)(H,25,29)/t13-,22+/m0/s1. The Morgan fingerprint density at radius 1 is 1.20 bits per heavy atom. The number of fused-ring (bicyclic) bond motifs is 1. The lowest BCUT2D eigenvalue weighted by atomic mass is 9.92. The number of nitrogens with one attached hydrogen (secondary N) is 2. The van der Waals surface area contributed by atoms with Crippen LogP contribution in [0.2, 0.25) is 5.02 Å². The second-order valence-electron chi connectivity index (χ2n) is 7.43. The maximum absolute atomic E-state index is 12.9. The lowest BCUT2D eigenvalue weighted by Crippen LogP contribution is -2.43. The van der Waals surface area contributed by atoms with Crippen molar-refractivity contribution in [3.8, 4) is 0 Å². The molecule has 1 aromatic heterocycles. The van der Waals surface area contributed by atoms with Crippen molar-refractivity contribution < 1.29 is 18.8 Å². The number of furan rings is 1. The van der Waals surface area contributed by atoms with Crippen molar-refractivity contribution in [3.63, 3.8) is 0 Å². The summed E-state index contributed by atoms with van der Waals surface area (Å²) in [6, 6.07) is 15.0. The smallest absolute Gasteiger partial charge is 0.325 e. The van der Waals surface area contributed by atoms with Crippen LogP contribution in [0.25, 0.3) is 11.0 Å². The minimum absolute atomic E-state index is 0.390. The van der Waals surface area contributed by atoms with Gasteiger partial charge in [0.15, 0.2) is 0 Å². The van der Waals surface area contributed by atoms with Gasteiger partial charge in [-0.3, -0.25) is 14.5 Å². The molecule has 2 atom stereocenters. The van der Waals surface area contributed by atoms with E-state index < -0.39 is 36.0 Å². The number of nitrogens with zero attached hydrogens (tertiary/aromatic N) is 1. The SMILES string of the molecule is C[C@H](NC(=O)CN1C(=O)N[C@](C)(c2ccc(Cl)cc2)C1=O)c1cc2ccccc2o1. The van der Waals surface area contributed by atoms with Gasteiger partial charge >= 0.3 is 6.03 Å². The molecule has 2 aromatic carbocycles. The van der Waals surface area contributed by atoms with E-state index in [9.17, 15) is 14.4 Å². The maximum Gasteiger partial charge on any atom is 0.325 e. The van der Waals surface area contributed by atoms with Crippen LogP contribution in [-0.4, -0.2) is 29.3 Å². The highest BCUT2D eigenvalue weighted by molar-refractivity contribution is 6.30. The van der Waals surface area contributed by atoms with E-state index in [-0.39, 0.29) is 0 Å². The number of hydrogen-bond acceptors (Lipinski definition) is 4. The maximum atomic E-state index is 12.9. The molecule has 4 rings (SSSR count). The van der Waals surface area contributed by atoms with E-state index in [1.165, 1.54) is 0 Å². The summed E-state index contributed by atoms with van der Waals surface area (Å²) in [5, 5.41) is 6.90. The summed E-state index contributed by atoms with van der Waals surface area (Å²) >= 11 is 5.91. The summed E-state index contributed by atoms with van der Waals surface area (Å²) in [6.45, 7) is 2.99. The highest BCUT2D eigenvalue weighted by Crippen LogP contribution is 2.29. The van der Waals surface area contributed by atoms with Gasteiger partial charge < -0.3 is 15.1 Å². The Bertz CT molecular complexity index is 1110. The highest BCUT2D eigenvalue weighted by atomic mass is 35.5. The topological polar surface area (TPSA) is 91.7 Å². The summed E-state index contributed by atoms with van der Waals surface area (Å²) in [4.78, 5) is 38.8. The molecule has 30 heavy (non-hydrogen) atoms. The summed E-state index contributed by atoms with van der Waals surface area (Å²) in [6.07, 6.45) is 0. The fraction of sp³-hybridized carbons (Fsp3) is 0.227. The average Bonchev–Trinajstić information content (AvgIpc) is 3.24. The van der Waals surface area contributed by atoms with Crippen molar-refractivity contribution in [2.45, 2.75) is 25.4 Å². The molecule has 4 amide bonds. The Balaban J connectivity index is 1.45. The minimum atomic E-state index is -1.26. The zero-order chi connectivity index (χ0) is 21.5. The number of hydrogen-bond donors (Lipinski definition) is 2. The van der Waals surface area contributed by atoms with Crippen molar-refractivity contribution in [1.82, 2.24) is 15.5 Å². The lowest BCUT2D eigenvalue weighted by Gasteiger charge is -2.22. The second-order valence-corrected chi connectivity index (χ2v) is 7.87. The third kappa shape index (κ3) is 3.52. The van der Waals surface area contributed by atoms with Crippen LogP contribution < -0.4 is 10.6 Å². The summed E-state index contributed by atoms with van der Waals surface area (Å²) in [5.74, 6) is -0.374. The molecular formula is C22H20ClN3O4. The van der Waals surface area contributed by atoms with Gasteiger partial charge in [0.25, 0.3) is 5.91 Å². The third-order valence-corrected chi connectivity index (χ3v) is 5.50. The largest absolute Gasteiger partial charge is 0.459 e. The van der Waals surface area contributed by atoms with Crippen molar-refractivity contribution in [3.05, 3.63) is 70.9 Å². The Morgan fingerprint density at radius 2 is 1.90 bits per heavy atom. The van der Waals surface area contributed by atoms with Crippen LogP contribution >= 0.6 is 11.6 Å². The van der Waals surface area contributed by atoms with Crippen LogP contribution in [0.3, 0.4) is 0 Å². The molecule has 0 unspecified atom stereocenters. The van der Waals surface area contributed by atoms with Crippen LogP contribution in [-0.2, 0) is 15.1 Å². The summed E-state index contributed by atoms with van der Waals surface area (Å²) in [5.41, 5.74) is 0.0528. The first-order valence-corrected chi connectivity index (χ1v) is 9.84. The molecular weight excluding hydrogens is 406 g/mol. The highest BCUT2D eigenvalue weighted by Gasteiger charge is 2.49. The van der Waals surface area contributed by atoms with E-state index in [1.807, 2.05) is 30.3 Å². The fourth-order valence-electron chi connectivity index (χ4n) is 3.54. The molecule has 0 radical (unpaired) electrons. The number of imide groups is 1. The normalized spacial score (nSPS) is 19.8. The van der Waals surface area contributed by atoms with Crippen molar-refractivity contribution in [2.75, 3.05) is 6.54 Å². The molecule has 1 saturated heterocycles. The van der Waals surface area contributed by atoms with Crippen LogP contribution in [0.5, 0.6) is 0 Å². The van der Waals surface area contributed by atoms with Crippen LogP contribution in [0.1, 0.15) is 31.2 Å². The van der Waals surface area contributed by atoms with Gasteiger partial charge in [-0.2, -0.15) is 0 Å². The summed E-state index contributed by atoms with van der Waals surface area (Å²) in [7, 11) is 0. The molecule has 3 aromatic rings. The number of carbonyl (C=O) groups excluding carboxylic acids is 3. The summed E-state index contributed by atoms with van der Waals surface area (Å²) < 4.78 is 5.76. The number of amides is 4. The first-order chi connectivity index (χ1) is 14.3. The number of rotatable bonds is 5. The molecule has 2 N–H and O–H groups in total. The van der Waals surface area contributed by atoms with Gasteiger partial charge in [0.05, 0.1) is 6.04 Å². The van der Waals surface area contributed by atoms with Crippen LogP contribution in [0.4, 0.5) is 4.79 Å². The van der Waals surface area contributed by atoms with E-state index >= 15 is 0 Å². The number of carbonyl (C=O) groups is 3. The van der Waals surface area contributed by atoms with E-state index in [0.29, 0.717) is 16.3 Å². The molecule has 0 saturated carbocycles. The molecule has 0 bridgehead atoms. The van der Waals surface area contributed by atoms with E-state index in [2.05, 4.69) is 10.6 Å². The molecule has 1 aliphatic heterocycles. The average molecular weight is 426 g/mol. The monoisotopic (exact) mass is 425 g/mol. The van der Waals surface area contributed by atoms with Crippen molar-refractivity contribution >= 4 is 40.4 Å². The first-order valence-electron chi connectivity index (χ1n) is 9.46. The number of para-hydroxylation sites is 1. The van der Waals surface area contributed by atoms with Gasteiger partial charge in [-0.1, -0.05) is 41.9 Å². The number of halogens is 1. The molecule has 7 nitrogen and oxygen atoms in total. The van der Waals surface area contributed by atoms with Gasteiger partial charge in [-0.15, -0.1) is 0 Å². The molecule has 2 heterocycles. The minimum Gasteiger partial charge on any atom is -0.459 e. The van der Waals surface area contributed by atoms with Gasteiger partial charge in [-0.25, -0.2) is 4.79 Å². The van der Waals surface area contributed by atoms with Crippen LogP contribution in [0.15, 0.2) is 59.0 Å². The van der Waals surface area contributed by atoms with Gasteiger partial charge in [-0.05, 0) is 43.7 Å².